The Morgan fingerprint density at radius 3 is 2.32 bits per heavy atom. The van der Waals surface area contributed by atoms with Crippen LogP contribution in [-0.4, -0.2) is 56.3 Å². The molecule has 0 saturated heterocycles. The number of hydrogen-bond acceptors (Lipinski definition) is 6. The molecule has 2 amide bonds. The molecule has 0 aliphatic carbocycles. The quantitative estimate of drug-likeness (QED) is 0.347. The second-order valence-corrected chi connectivity index (χ2v) is 12.4. The highest BCUT2D eigenvalue weighted by molar-refractivity contribution is 7.92. The molecule has 3 aromatic carbocycles. The fourth-order valence-corrected chi connectivity index (χ4v) is 5.72. The number of fused-ring (bicyclic) bond motifs is 1. The van der Waals surface area contributed by atoms with Gasteiger partial charge in [-0.25, -0.2) is 8.42 Å². The molecule has 0 aromatic heterocycles. The van der Waals surface area contributed by atoms with Crippen molar-refractivity contribution in [3.05, 3.63) is 89.5 Å². The number of carbonyl (C=O) groups is 2. The number of sulfonamides is 1. The van der Waals surface area contributed by atoms with Crippen LogP contribution in [0.1, 0.15) is 37.5 Å². The number of benzene rings is 3. The Morgan fingerprint density at radius 1 is 0.951 bits per heavy atom. The summed E-state index contributed by atoms with van der Waals surface area (Å²) >= 11 is 0. The van der Waals surface area contributed by atoms with E-state index < -0.39 is 28.5 Å². The van der Waals surface area contributed by atoms with Gasteiger partial charge in [-0.05, 0) is 56.5 Å². The monoisotopic (exact) mass is 579 g/mol. The molecule has 4 rings (SSSR count). The van der Waals surface area contributed by atoms with Gasteiger partial charge in [-0.2, -0.15) is 0 Å². The van der Waals surface area contributed by atoms with E-state index in [2.05, 4.69) is 5.32 Å². The summed E-state index contributed by atoms with van der Waals surface area (Å²) in [7, 11) is -3.88. The third-order valence-corrected chi connectivity index (χ3v) is 8.67. The largest absolute Gasteiger partial charge is 0.454 e. The van der Waals surface area contributed by atoms with Gasteiger partial charge in [-0.3, -0.25) is 13.9 Å². The lowest BCUT2D eigenvalue weighted by molar-refractivity contribution is -0.140. The lowest BCUT2D eigenvalue weighted by Crippen LogP contribution is -2.54. The van der Waals surface area contributed by atoms with Crippen LogP contribution in [0.4, 0.5) is 5.69 Å². The number of ether oxygens (including phenoxy) is 2. The molecule has 0 saturated carbocycles. The summed E-state index contributed by atoms with van der Waals surface area (Å²) in [6.07, 6.45) is 0.265. The molecule has 0 bridgehead atoms. The molecule has 9 nitrogen and oxygen atoms in total. The van der Waals surface area contributed by atoms with E-state index in [-0.39, 0.29) is 43.1 Å². The predicted molar refractivity (Wildman–Crippen MR) is 158 cm³/mol. The standard InChI is InChI=1S/C31H37N3O6S/c1-5-41(37,38)34(26-15-16-28-29(18-26)40-21-39-28)20-30(35)33(19-25-14-10-9-11-23(25)4)27(31(36)32-22(2)3)17-24-12-7-6-8-13-24/h6-16,18,22,27H,5,17,19-21H2,1-4H3,(H,32,36)/t27-/m1/s1. The van der Waals surface area contributed by atoms with Crippen molar-refractivity contribution in [3.63, 3.8) is 0 Å². The van der Waals surface area contributed by atoms with Crippen molar-refractivity contribution >= 4 is 27.5 Å². The van der Waals surface area contributed by atoms with Crippen LogP contribution in [0.5, 0.6) is 11.5 Å². The highest BCUT2D eigenvalue weighted by Gasteiger charge is 2.34. The van der Waals surface area contributed by atoms with Gasteiger partial charge in [-0.1, -0.05) is 54.6 Å². The van der Waals surface area contributed by atoms with Crippen molar-refractivity contribution in [2.75, 3.05) is 23.4 Å². The van der Waals surface area contributed by atoms with Gasteiger partial charge in [0, 0.05) is 25.1 Å². The molecule has 10 heteroatoms. The van der Waals surface area contributed by atoms with E-state index in [0.29, 0.717) is 11.5 Å². The van der Waals surface area contributed by atoms with Crippen molar-refractivity contribution in [2.45, 2.75) is 52.7 Å². The minimum Gasteiger partial charge on any atom is -0.454 e. The Hall–Kier alpha value is -4.05. The van der Waals surface area contributed by atoms with E-state index >= 15 is 0 Å². The number of aryl methyl sites for hydroxylation is 1. The number of nitrogens with zero attached hydrogens (tertiary/aromatic N) is 2. The molecule has 1 aliphatic rings. The van der Waals surface area contributed by atoms with Gasteiger partial charge in [0.2, 0.25) is 28.6 Å². The number of anilines is 1. The maximum atomic E-state index is 14.2. The maximum absolute atomic E-state index is 14.2. The Balaban J connectivity index is 1.75. The minimum atomic E-state index is -3.88. The smallest absolute Gasteiger partial charge is 0.244 e. The molecule has 1 heterocycles. The van der Waals surface area contributed by atoms with Crippen LogP contribution in [-0.2, 0) is 32.6 Å². The SMILES string of the molecule is CCS(=O)(=O)N(CC(=O)N(Cc1ccccc1C)[C@H](Cc1ccccc1)C(=O)NC(C)C)c1ccc2c(c1)OCO2. The molecule has 41 heavy (non-hydrogen) atoms. The normalized spacial score (nSPS) is 13.1. The van der Waals surface area contributed by atoms with Crippen molar-refractivity contribution in [1.82, 2.24) is 10.2 Å². The Morgan fingerprint density at radius 2 is 1.63 bits per heavy atom. The molecule has 0 fully saturated rings. The van der Waals surface area contributed by atoms with Gasteiger partial charge in [0.25, 0.3) is 0 Å². The van der Waals surface area contributed by atoms with Crippen LogP contribution in [0.15, 0.2) is 72.8 Å². The topological polar surface area (TPSA) is 105 Å². The van der Waals surface area contributed by atoms with Gasteiger partial charge >= 0.3 is 0 Å². The van der Waals surface area contributed by atoms with Gasteiger partial charge in [0.15, 0.2) is 11.5 Å². The number of amides is 2. The van der Waals surface area contributed by atoms with Crippen LogP contribution in [0.2, 0.25) is 0 Å². The average molecular weight is 580 g/mol. The fourth-order valence-electron chi connectivity index (χ4n) is 4.67. The van der Waals surface area contributed by atoms with Crippen molar-refractivity contribution in [1.29, 1.82) is 0 Å². The van der Waals surface area contributed by atoms with Gasteiger partial charge < -0.3 is 19.7 Å². The molecule has 0 spiro atoms. The molecular formula is C31H37N3O6S. The van der Waals surface area contributed by atoms with Crippen molar-refractivity contribution < 1.29 is 27.5 Å². The Kier molecular flexibility index (Phi) is 9.54. The van der Waals surface area contributed by atoms with Crippen LogP contribution in [0, 0.1) is 6.92 Å². The molecule has 0 radical (unpaired) electrons. The zero-order valence-electron chi connectivity index (χ0n) is 23.9. The molecular weight excluding hydrogens is 542 g/mol. The Labute approximate surface area is 242 Å². The first-order chi connectivity index (χ1) is 19.6. The van der Waals surface area contributed by atoms with E-state index in [1.807, 2.05) is 75.4 Å². The summed E-state index contributed by atoms with van der Waals surface area (Å²) in [5, 5.41) is 2.96. The third kappa shape index (κ3) is 7.38. The highest BCUT2D eigenvalue weighted by atomic mass is 32.2. The van der Waals surface area contributed by atoms with Gasteiger partial charge in [0.05, 0.1) is 11.4 Å². The lowest BCUT2D eigenvalue weighted by atomic mass is 10.0. The highest BCUT2D eigenvalue weighted by Crippen LogP contribution is 2.36. The summed E-state index contributed by atoms with van der Waals surface area (Å²) in [6.45, 7) is 6.88. The number of nitrogens with one attached hydrogen (secondary N) is 1. The van der Waals surface area contributed by atoms with E-state index in [1.165, 1.54) is 11.8 Å². The maximum Gasteiger partial charge on any atom is 0.244 e. The zero-order valence-corrected chi connectivity index (χ0v) is 24.7. The minimum absolute atomic E-state index is 0.0363. The van der Waals surface area contributed by atoms with E-state index in [1.54, 1.807) is 18.2 Å². The van der Waals surface area contributed by atoms with Gasteiger partial charge in [-0.15, -0.1) is 0 Å². The number of rotatable bonds is 12. The first kappa shape index (κ1) is 29.9. The molecule has 1 aliphatic heterocycles. The van der Waals surface area contributed by atoms with Crippen molar-refractivity contribution in [3.8, 4) is 11.5 Å². The number of carbonyl (C=O) groups excluding carboxylic acids is 2. The summed E-state index contributed by atoms with van der Waals surface area (Å²) in [5.74, 6) is -0.112. The molecule has 218 valence electrons. The summed E-state index contributed by atoms with van der Waals surface area (Å²) in [6, 6.07) is 20.9. The molecule has 1 N–H and O–H groups in total. The summed E-state index contributed by atoms with van der Waals surface area (Å²) in [4.78, 5) is 29.4. The van der Waals surface area contributed by atoms with Crippen LogP contribution < -0.4 is 19.1 Å². The van der Waals surface area contributed by atoms with Crippen molar-refractivity contribution in [2.24, 2.45) is 0 Å². The molecule has 0 unspecified atom stereocenters. The zero-order chi connectivity index (χ0) is 29.6. The first-order valence-corrected chi connectivity index (χ1v) is 15.3. The second kappa shape index (κ2) is 13.1. The average Bonchev–Trinajstić information content (AvgIpc) is 3.42. The van der Waals surface area contributed by atoms with Crippen LogP contribution in [0.25, 0.3) is 0 Å². The first-order valence-electron chi connectivity index (χ1n) is 13.7. The van der Waals surface area contributed by atoms with E-state index in [4.69, 9.17) is 9.47 Å². The Bertz CT molecular complexity index is 1480. The van der Waals surface area contributed by atoms with E-state index in [9.17, 15) is 18.0 Å². The van der Waals surface area contributed by atoms with Crippen LogP contribution >= 0.6 is 0 Å². The number of hydrogen-bond donors (Lipinski definition) is 1. The summed E-state index contributed by atoms with van der Waals surface area (Å²) < 4.78 is 38.6. The predicted octanol–water partition coefficient (Wildman–Crippen LogP) is 4.04. The second-order valence-electron chi connectivity index (χ2n) is 10.3. The van der Waals surface area contributed by atoms with Gasteiger partial charge in [0.1, 0.15) is 12.6 Å². The fraction of sp³-hybridized carbons (Fsp3) is 0.355. The van der Waals surface area contributed by atoms with Crippen LogP contribution in [0.3, 0.4) is 0 Å². The van der Waals surface area contributed by atoms with E-state index in [0.717, 1.165) is 21.0 Å². The summed E-state index contributed by atoms with van der Waals surface area (Å²) in [5.41, 5.74) is 2.99. The molecule has 1 atom stereocenters. The molecule has 3 aromatic rings. The third-order valence-electron chi connectivity index (χ3n) is 6.93. The lowest BCUT2D eigenvalue weighted by Gasteiger charge is -2.34.